The number of nitrogens with zero attached hydrogens (tertiary/aromatic N) is 3. The first-order chi connectivity index (χ1) is 15.0. The highest BCUT2D eigenvalue weighted by molar-refractivity contribution is 7.20. The minimum Gasteiger partial charge on any atom is -0.346 e. The summed E-state index contributed by atoms with van der Waals surface area (Å²) in [6.45, 7) is 0. The Bertz CT molecular complexity index is 1160. The topological polar surface area (TPSA) is 88.9 Å². The summed E-state index contributed by atoms with van der Waals surface area (Å²) in [5.41, 5.74) is 2.45. The van der Waals surface area contributed by atoms with Crippen LogP contribution in [0.1, 0.15) is 52.2 Å². The van der Waals surface area contributed by atoms with Crippen molar-refractivity contribution in [1.82, 2.24) is 25.4 Å². The maximum Gasteiger partial charge on any atom is 0.254 e. The number of carbonyl (C=O) groups is 2. The van der Waals surface area contributed by atoms with Crippen molar-refractivity contribution < 1.29 is 9.59 Å². The molecule has 10 heteroatoms. The summed E-state index contributed by atoms with van der Waals surface area (Å²) < 4.78 is 2.65. The second-order valence-electron chi connectivity index (χ2n) is 7.77. The summed E-state index contributed by atoms with van der Waals surface area (Å²) in [6.07, 6.45) is 4.66. The average Bonchev–Trinajstić information content (AvgIpc) is 3.45. The molecule has 1 aromatic carbocycles. The summed E-state index contributed by atoms with van der Waals surface area (Å²) in [7, 11) is 0. The normalized spacial score (nSPS) is 21.9. The van der Waals surface area contributed by atoms with Gasteiger partial charge in [-0.25, -0.2) is 0 Å². The Morgan fingerprint density at radius 3 is 2.84 bits per heavy atom. The number of hydrogen-bond donors (Lipinski definition) is 2. The minimum atomic E-state index is -0.354. The molecular weight excluding hydrogens is 457 g/mol. The van der Waals surface area contributed by atoms with Crippen molar-refractivity contribution in [3.8, 4) is 0 Å². The van der Waals surface area contributed by atoms with Crippen molar-refractivity contribution >= 4 is 46.4 Å². The van der Waals surface area contributed by atoms with Gasteiger partial charge in [-0.05, 0) is 36.5 Å². The molecule has 3 aromatic rings. The summed E-state index contributed by atoms with van der Waals surface area (Å²) in [5.74, 6) is 0.425. The summed E-state index contributed by atoms with van der Waals surface area (Å²) >= 11 is 13.3. The smallest absolute Gasteiger partial charge is 0.254 e. The molecule has 0 bridgehead atoms. The molecule has 31 heavy (non-hydrogen) atoms. The molecule has 2 aromatic heterocycles. The van der Waals surface area contributed by atoms with Crippen molar-refractivity contribution in [2.75, 3.05) is 0 Å². The Kier molecular flexibility index (Phi) is 5.45. The summed E-state index contributed by atoms with van der Waals surface area (Å²) in [4.78, 5) is 26.1. The van der Waals surface area contributed by atoms with Crippen LogP contribution in [0.4, 0.5) is 0 Å². The van der Waals surface area contributed by atoms with Crippen LogP contribution in [0.2, 0.25) is 8.67 Å². The standard InChI is InChI=1S/C21H19Cl2N5O2S/c22-16-9-13(19(23)31-16)20(29)25-14-8-11-4-1-2-5-12(11)18(14)26-21(30)15-6-3-7-17-27-24-10-28(15)17/h1-2,4-5,9-10,14-15,18H,3,6-8H2,(H,25,29)(H,26,30)/t14-,15?,18-/m1/s1. The van der Waals surface area contributed by atoms with Gasteiger partial charge in [0.1, 0.15) is 22.5 Å². The fourth-order valence-corrected chi connectivity index (χ4v) is 5.91. The molecule has 3 heterocycles. The Labute approximate surface area is 192 Å². The van der Waals surface area contributed by atoms with E-state index >= 15 is 0 Å². The van der Waals surface area contributed by atoms with Crippen LogP contribution < -0.4 is 10.6 Å². The van der Waals surface area contributed by atoms with E-state index in [1.165, 1.54) is 0 Å². The number of aromatic nitrogens is 3. The molecule has 2 amide bonds. The van der Waals surface area contributed by atoms with Crippen molar-refractivity contribution in [2.45, 2.75) is 43.8 Å². The third kappa shape index (κ3) is 3.84. The molecule has 1 aliphatic carbocycles. The molecule has 1 aliphatic heterocycles. The van der Waals surface area contributed by atoms with Gasteiger partial charge in [0.25, 0.3) is 5.91 Å². The second-order valence-corrected chi connectivity index (χ2v) is 10.1. The molecule has 2 N–H and O–H groups in total. The van der Waals surface area contributed by atoms with Gasteiger partial charge in [-0.15, -0.1) is 21.5 Å². The largest absolute Gasteiger partial charge is 0.346 e. The van der Waals surface area contributed by atoms with E-state index in [0.717, 1.165) is 47.6 Å². The Hall–Kier alpha value is -2.42. The highest BCUT2D eigenvalue weighted by Gasteiger charge is 2.37. The van der Waals surface area contributed by atoms with Crippen LogP contribution in [0.3, 0.4) is 0 Å². The number of halogens is 2. The zero-order chi connectivity index (χ0) is 21.5. The molecular formula is C21H19Cl2N5O2S. The van der Waals surface area contributed by atoms with Crippen molar-refractivity contribution in [1.29, 1.82) is 0 Å². The first-order valence-electron chi connectivity index (χ1n) is 10.0. The molecule has 3 atom stereocenters. The highest BCUT2D eigenvalue weighted by Crippen LogP contribution is 2.35. The molecule has 160 valence electrons. The number of hydrogen-bond acceptors (Lipinski definition) is 5. The van der Waals surface area contributed by atoms with Crippen LogP contribution in [-0.2, 0) is 17.6 Å². The number of benzene rings is 1. The molecule has 0 fully saturated rings. The highest BCUT2D eigenvalue weighted by atomic mass is 35.5. The van der Waals surface area contributed by atoms with Crippen LogP contribution in [0.15, 0.2) is 36.7 Å². The van der Waals surface area contributed by atoms with E-state index in [4.69, 9.17) is 23.2 Å². The lowest BCUT2D eigenvalue weighted by molar-refractivity contribution is -0.125. The van der Waals surface area contributed by atoms with Gasteiger partial charge >= 0.3 is 0 Å². The molecule has 0 spiro atoms. The van der Waals surface area contributed by atoms with Gasteiger partial charge in [-0.3, -0.25) is 9.59 Å². The summed E-state index contributed by atoms with van der Waals surface area (Å²) in [5, 5.41) is 14.3. The predicted octanol–water partition coefficient (Wildman–Crippen LogP) is 3.74. The van der Waals surface area contributed by atoms with Crippen LogP contribution in [0, 0.1) is 0 Å². The van der Waals surface area contributed by atoms with Crippen LogP contribution in [0.25, 0.3) is 0 Å². The van der Waals surface area contributed by atoms with Gasteiger partial charge in [0.15, 0.2) is 0 Å². The monoisotopic (exact) mass is 475 g/mol. The van der Waals surface area contributed by atoms with E-state index in [9.17, 15) is 9.59 Å². The fourth-order valence-electron chi connectivity index (χ4n) is 4.45. The van der Waals surface area contributed by atoms with Crippen LogP contribution in [0.5, 0.6) is 0 Å². The number of thiophene rings is 1. The third-order valence-corrected chi connectivity index (χ3v) is 7.40. The lowest BCUT2D eigenvalue weighted by atomic mass is 10.0. The number of aryl methyl sites for hydroxylation is 1. The second kappa shape index (κ2) is 8.26. The van der Waals surface area contributed by atoms with Crippen molar-refractivity contribution in [2.24, 2.45) is 0 Å². The Morgan fingerprint density at radius 2 is 2.03 bits per heavy atom. The number of amides is 2. The number of fused-ring (bicyclic) bond motifs is 2. The lowest BCUT2D eigenvalue weighted by Crippen LogP contribution is -2.46. The Morgan fingerprint density at radius 1 is 1.19 bits per heavy atom. The average molecular weight is 476 g/mol. The number of rotatable bonds is 4. The van der Waals surface area contributed by atoms with Crippen molar-refractivity contribution in [3.63, 3.8) is 0 Å². The quantitative estimate of drug-likeness (QED) is 0.601. The molecule has 0 saturated carbocycles. The first kappa shape index (κ1) is 20.5. The molecule has 0 radical (unpaired) electrons. The zero-order valence-electron chi connectivity index (χ0n) is 16.3. The van der Waals surface area contributed by atoms with E-state index < -0.39 is 0 Å². The minimum absolute atomic E-state index is 0.0988. The van der Waals surface area contributed by atoms with Gasteiger partial charge < -0.3 is 15.2 Å². The van der Waals surface area contributed by atoms with Crippen LogP contribution in [-0.4, -0.2) is 32.6 Å². The molecule has 5 rings (SSSR count). The van der Waals surface area contributed by atoms with Crippen LogP contribution >= 0.6 is 34.5 Å². The number of nitrogens with one attached hydrogen (secondary N) is 2. The predicted molar refractivity (Wildman–Crippen MR) is 119 cm³/mol. The lowest BCUT2D eigenvalue weighted by Gasteiger charge is -2.28. The molecule has 1 unspecified atom stereocenters. The summed E-state index contributed by atoms with van der Waals surface area (Å²) in [6, 6.07) is 8.48. The van der Waals surface area contributed by atoms with Gasteiger partial charge in [0.05, 0.1) is 22.0 Å². The fraction of sp³-hybridized carbons (Fsp3) is 0.333. The van der Waals surface area contributed by atoms with E-state index in [1.807, 2.05) is 28.8 Å². The Balaban J connectivity index is 1.39. The number of carbonyl (C=O) groups excluding carboxylic acids is 2. The first-order valence-corrected chi connectivity index (χ1v) is 11.6. The van der Waals surface area contributed by atoms with E-state index in [0.29, 0.717) is 20.7 Å². The zero-order valence-corrected chi connectivity index (χ0v) is 18.7. The van der Waals surface area contributed by atoms with E-state index in [2.05, 4.69) is 20.8 Å². The van der Waals surface area contributed by atoms with E-state index in [-0.39, 0.29) is 29.9 Å². The maximum atomic E-state index is 13.2. The van der Waals surface area contributed by atoms with Gasteiger partial charge in [-0.2, -0.15) is 0 Å². The molecule has 0 saturated heterocycles. The van der Waals surface area contributed by atoms with Gasteiger partial charge in [0, 0.05) is 6.42 Å². The maximum absolute atomic E-state index is 13.2. The molecule has 2 aliphatic rings. The van der Waals surface area contributed by atoms with Gasteiger partial charge in [-0.1, -0.05) is 47.5 Å². The SMILES string of the molecule is O=C(N[C@@H]1Cc2ccccc2[C@H]1NC(=O)C1CCCc2nncn21)c1cc(Cl)sc1Cl. The van der Waals surface area contributed by atoms with Gasteiger partial charge in [0.2, 0.25) is 5.91 Å². The molecule has 7 nitrogen and oxygen atoms in total. The van der Waals surface area contributed by atoms with Crippen molar-refractivity contribution in [3.05, 3.63) is 67.8 Å². The third-order valence-electron chi connectivity index (χ3n) is 5.91. The van der Waals surface area contributed by atoms with E-state index in [1.54, 1.807) is 12.4 Å².